The van der Waals surface area contributed by atoms with E-state index < -0.39 is 0 Å². The highest BCUT2D eigenvalue weighted by Crippen LogP contribution is 2.32. The molecule has 16 heavy (non-hydrogen) atoms. The van der Waals surface area contributed by atoms with Crippen molar-refractivity contribution in [1.29, 1.82) is 0 Å². The van der Waals surface area contributed by atoms with E-state index in [4.69, 9.17) is 0 Å². The number of allylic oxidation sites excluding steroid dienone is 6. The molecule has 92 valence electrons. The summed E-state index contributed by atoms with van der Waals surface area (Å²) in [7, 11) is 0. The smallest absolute Gasteiger partial charge is 0.0158 e. The lowest BCUT2D eigenvalue weighted by molar-refractivity contribution is 0.929. The number of rotatable bonds is 0. The van der Waals surface area contributed by atoms with E-state index in [1.807, 2.05) is 13.8 Å². The van der Waals surface area contributed by atoms with Crippen LogP contribution < -0.4 is 0 Å². The molecule has 2 aliphatic carbocycles. The second kappa shape index (κ2) is 9.45. The van der Waals surface area contributed by atoms with Crippen LogP contribution in [0, 0.1) is 0 Å². The summed E-state index contributed by atoms with van der Waals surface area (Å²) in [5.41, 5.74) is 4.64. The molecule has 0 saturated heterocycles. The third-order valence-electron chi connectivity index (χ3n) is 2.51. The van der Waals surface area contributed by atoms with Gasteiger partial charge in [-0.3, -0.25) is 0 Å². The SMILES string of the molecule is CC.CC1=CCC=C2CCCC2=C1.CCC. The fraction of sp³-hybridized carbons (Fsp3) is 0.625. The third-order valence-corrected chi connectivity index (χ3v) is 2.51. The van der Waals surface area contributed by atoms with E-state index in [1.165, 1.54) is 31.3 Å². The normalized spacial score (nSPS) is 17.4. The van der Waals surface area contributed by atoms with Crippen LogP contribution in [-0.2, 0) is 0 Å². The summed E-state index contributed by atoms with van der Waals surface area (Å²) in [6, 6.07) is 0. The maximum absolute atomic E-state index is 2.38. The molecule has 1 saturated carbocycles. The van der Waals surface area contributed by atoms with E-state index in [2.05, 4.69) is 39.0 Å². The van der Waals surface area contributed by atoms with Crippen molar-refractivity contribution >= 4 is 0 Å². The van der Waals surface area contributed by atoms with Crippen molar-refractivity contribution in [3.63, 3.8) is 0 Å². The Hall–Kier alpha value is -0.780. The minimum Gasteiger partial charge on any atom is -0.0778 e. The molecule has 0 amide bonds. The van der Waals surface area contributed by atoms with E-state index in [-0.39, 0.29) is 0 Å². The molecule has 0 aromatic carbocycles. The van der Waals surface area contributed by atoms with Crippen LogP contribution in [0.5, 0.6) is 0 Å². The van der Waals surface area contributed by atoms with Gasteiger partial charge >= 0.3 is 0 Å². The lowest BCUT2D eigenvalue weighted by atomic mass is 10.1. The first-order valence-electron chi connectivity index (χ1n) is 6.84. The zero-order chi connectivity index (χ0) is 12.4. The van der Waals surface area contributed by atoms with Gasteiger partial charge < -0.3 is 0 Å². The molecule has 0 heteroatoms. The predicted octanol–water partition coefficient (Wildman–Crippen LogP) is 5.82. The average molecular weight is 220 g/mol. The van der Waals surface area contributed by atoms with E-state index in [0.717, 1.165) is 6.42 Å². The first-order chi connectivity index (χ1) is 7.77. The Bertz CT molecular complexity index is 264. The van der Waals surface area contributed by atoms with Crippen molar-refractivity contribution in [2.75, 3.05) is 0 Å². The van der Waals surface area contributed by atoms with Crippen LogP contribution in [-0.4, -0.2) is 0 Å². The van der Waals surface area contributed by atoms with Gasteiger partial charge in [0.05, 0.1) is 0 Å². The molecular weight excluding hydrogens is 192 g/mol. The number of hydrogen-bond donors (Lipinski definition) is 0. The molecule has 2 rings (SSSR count). The van der Waals surface area contributed by atoms with Crippen molar-refractivity contribution in [3.8, 4) is 0 Å². The molecular formula is C16H28. The van der Waals surface area contributed by atoms with E-state index in [0.29, 0.717) is 0 Å². The Labute approximate surface area is 102 Å². The van der Waals surface area contributed by atoms with Gasteiger partial charge in [-0.2, -0.15) is 0 Å². The van der Waals surface area contributed by atoms with Crippen LogP contribution in [0.1, 0.15) is 66.7 Å². The van der Waals surface area contributed by atoms with Gasteiger partial charge in [-0.15, -0.1) is 0 Å². The highest BCUT2D eigenvalue weighted by atomic mass is 14.2. The van der Waals surface area contributed by atoms with Crippen molar-refractivity contribution in [2.24, 2.45) is 0 Å². The van der Waals surface area contributed by atoms with E-state index in [1.54, 1.807) is 11.1 Å². The zero-order valence-corrected chi connectivity index (χ0v) is 11.8. The van der Waals surface area contributed by atoms with Crippen molar-refractivity contribution in [3.05, 3.63) is 34.9 Å². The molecule has 1 fully saturated rings. The zero-order valence-electron chi connectivity index (χ0n) is 11.8. The van der Waals surface area contributed by atoms with Gasteiger partial charge in [0.25, 0.3) is 0 Å². The summed E-state index contributed by atoms with van der Waals surface area (Å²) < 4.78 is 0. The molecule has 0 spiro atoms. The lowest BCUT2D eigenvalue weighted by Crippen LogP contribution is -1.76. The fourth-order valence-electron chi connectivity index (χ4n) is 1.91. The molecule has 0 unspecified atom stereocenters. The van der Waals surface area contributed by atoms with Gasteiger partial charge in [0.1, 0.15) is 0 Å². The van der Waals surface area contributed by atoms with Crippen LogP contribution in [0.15, 0.2) is 34.9 Å². The Kier molecular flexibility index (Phi) is 8.99. The van der Waals surface area contributed by atoms with Gasteiger partial charge in [0, 0.05) is 0 Å². The minimum absolute atomic E-state index is 1.14. The van der Waals surface area contributed by atoms with Crippen molar-refractivity contribution in [2.45, 2.75) is 66.7 Å². The standard InChI is InChI=1S/C11H14.C3H8.C2H6/c1-9-4-2-5-10-6-3-7-11(10)8-9;1-3-2;1-2/h4-5,8H,2-3,6-7H2,1H3;3H2,1-2H3;1-2H3. The topological polar surface area (TPSA) is 0 Å². The van der Waals surface area contributed by atoms with Crippen LogP contribution in [0.2, 0.25) is 0 Å². The van der Waals surface area contributed by atoms with Crippen LogP contribution >= 0.6 is 0 Å². The summed E-state index contributed by atoms with van der Waals surface area (Å²) in [4.78, 5) is 0. The van der Waals surface area contributed by atoms with Gasteiger partial charge in [0.15, 0.2) is 0 Å². The molecule has 0 N–H and O–H groups in total. The van der Waals surface area contributed by atoms with E-state index >= 15 is 0 Å². The Morgan fingerprint density at radius 2 is 1.56 bits per heavy atom. The van der Waals surface area contributed by atoms with Gasteiger partial charge in [-0.25, -0.2) is 0 Å². The molecule has 0 aromatic rings. The molecule has 0 atom stereocenters. The summed E-state index contributed by atoms with van der Waals surface area (Å²) in [5.74, 6) is 0. The van der Waals surface area contributed by atoms with Gasteiger partial charge in [-0.05, 0) is 43.8 Å². The number of hydrogen-bond acceptors (Lipinski definition) is 0. The molecule has 0 radical (unpaired) electrons. The average Bonchev–Trinajstić information content (AvgIpc) is 2.63. The lowest BCUT2D eigenvalue weighted by Gasteiger charge is -1.96. The second-order valence-corrected chi connectivity index (χ2v) is 4.14. The van der Waals surface area contributed by atoms with Crippen molar-refractivity contribution in [1.82, 2.24) is 0 Å². The van der Waals surface area contributed by atoms with Crippen molar-refractivity contribution < 1.29 is 0 Å². The molecule has 0 nitrogen and oxygen atoms in total. The molecule has 0 aromatic heterocycles. The predicted molar refractivity (Wildman–Crippen MR) is 75.7 cm³/mol. The first kappa shape index (κ1) is 15.2. The summed E-state index contributed by atoms with van der Waals surface area (Å²) in [6.45, 7) is 10.4. The highest BCUT2D eigenvalue weighted by molar-refractivity contribution is 5.42. The van der Waals surface area contributed by atoms with Gasteiger partial charge in [0.2, 0.25) is 0 Å². The van der Waals surface area contributed by atoms with Crippen LogP contribution in [0.3, 0.4) is 0 Å². The summed E-state index contributed by atoms with van der Waals surface area (Å²) >= 11 is 0. The summed E-state index contributed by atoms with van der Waals surface area (Å²) in [6.07, 6.45) is 13.4. The molecule has 2 aliphatic rings. The van der Waals surface area contributed by atoms with Crippen LogP contribution in [0.25, 0.3) is 0 Å². The molecule has 0 heterocycles. The molecule has 0 aliphatic heterocycles. The van der Waals surface area contributed by atoms with E-state index in [9.17, 15) is 0 Å². The third kappa shape index (κ3) is 5.34. The second-order valence-electron chi connectivity index (χ2n) is 4.14. The first-order valence-corrected chi connectivity index (χ1v) is 6.84. The maximum atomic E-state index is 2.38. The van der Waals surface area contributed by atoms with Gasteiger partial charge in [-0.1, -0.05) is 57.9 Å². The van der Waals surface area contributed by atoms with Crippen LogP contribution in [0.4, 0.5) is 0 Å². The highest BCUT2D eigenvalue weighted by Gasteiger charge is 2.13. The fourth-order valence-corrected chi connectivity index (χ4v) is 1.91. The monoisotopic (exact) mass is 220 g/mol. The Morgan fingerprint density at radius 3 is 2.19 bits per heavy atom. The number of fused-ring (bicyclic) bond motifs is 1. The Morgan fingerprint density at radius 1 is 1.00 bits per heavy atom. The molecule has 0 bridgehead atoms. The Balaban J connectivity index is 0.000000394. The summed E-state index contributed by atoms with van der Waals surface area (Å²) in [5, 5.41) is 0. The maximum Gasteiger partial charge on any atom is -0.0158 e. The quantitative estimate of drug-likeness (QED) is 0.483. The largest absolute Gasteiger partial charge is 0.0778 e. The minimum atomic E-state index is 1.14.